The highest BCUT2D eigenvalue weighted by Gasteiger charge is 2.49. The second-order valence-electron chi connectivity index (χ2n) is 6.71. The van der Waals surface area contributed by atoms with Crippen LogP contribution in [-0.2, 0) is 9.53 Å². The van der Waals surface area contributed by atoms with E-state index in [0.29, 0.717) is 24.4 Å². The lowest BCUT2D eigenvalue weighted by molar-refractivity contribution is -0.130. The summed E-state index contributed by atoms with van der Waals surface area (Å²) in [5.74, 6) is 1.52. The van der Waals surface area contributed by atoms with Gasteiger partial charge in [0.15, 0.2) is 0 Å². The third-order valence-electron chi connectivity index (χ3n) is 4.84. The van der Waals surface area contributed by atoms with Crippen molar-refractivity contribution in [3.63, 3.8) is 0 Å². The molecule has 3 unspecified atom stereocenters. The molecule has 2 aliphatic rings. The number of ether oxygens (including phenoxy) is 1. The first-order valence-corrected chi connectivity index (χ1v) is 7.58. The number of amides is 1. The van der Waals surface area contributed by atoms with Gasteiger partial charge in [-0.25, -0.2) is 0 Å². The summed E-state index contributed by atoms with van der Waals surface area (Å²) in [5, 5.41) is 3.14. The van der Waals surface area contributed by atoms with Gasteiger partial charge in [0.25, 0.3) is 0 Å². The summed E-state index contributed by atoms with van der Waals surface area (Å²) in [7, 11) is 1.82. The molecule has 19 heavy (non-hydrogen) atoms. The number of carbonyl (C=O) groups is 1. The standard InChI is InChI=1S/C15H28N2O2/c1-10-6-11(2)8-13(7-10)19-9-15(17-3,14(16)18)12-4-5-12/h10-13,17H,4-9H2,1-3H3,(H2,16,18). The Morgan fingerprint density at radius 3 is 2.26 bits per heavy atom. The van der Waals surface area contributed by atoms with Crippen LogP contribution < -0.4 is 11.1 Å². The molecule has 0 aromatic carbocycles. The molecule has 2 fully saturated rings. The molecule has 0 saturated heterocycles. The van der Waals surface area contributed by atoms with Gasteiger partial charge in [-0.1, -0.05) is 13.8 Å². The molecule has 2 rings (SSSR count). The Hall–Kier alpha value is -0.610. The SMILES string of the molecule is CNC(COC1CC(C)CC(C)C1)(C(N)=O)C1CC1. The van der Waals surface area contributed by atoms with Crippen LogP contribution in [0, 0.1) is 17.8 Å². The van der Waals surface area contributed by atoms with E-state index in [0.717, 1.165) is 25.7 Å². The molecule has 0 aliphatic heterocycles. The summed E-state index contributed by atoms with van der Waals surface area (Å²) < 4.78 is 6.08. The molecule has 3 N–H and O–H groups in total. The maximum atomic E-state index is 11.8. The third-order valence-corrected chi connectivity index (χ3v) is 4.84. The highest BCUT2D eigenvalue weighted by atomic mass is 16.5. The molecule has 3 atom stereocenters. The molecular formula is C15H28N2O2. The van der Waals surface area contributed by atoms with Gasteiger partial charge in [0.2, 0.25) is 5.91 Å². The zero-order chi connectivity index (χ0) is 14.0. The number of hydrogen-bond acceptors (Lipinski definition) is 3. The lowest BCUT2D eigenvalue weighted by Crippen LogP contribution is -2.59. The highest BCUT2D eigenvalue weighted by molar-refractivity contribution is 5.85. The van der Waals surface area contributed by atoms with Crippen molar-refractivity contribution in [3.05, 3.63) is 0 Å². The lowest BCUT2D eigenvalue weighted by Gasteiger charge is -2.36. The van der Waals surface area contributed by atoms with Crippen LogP contribution in [0.3, 0.4) is 0 Å². The van der Waals surface area contributed by atoms with Crippen LogP contribution in [0.2, 0.25) is 0 Å². The average Bonchev–Trinajstić information content (AvgIpc) is 3.13. The van der Waals surface area contributed by atoms with Crippen LogP contribution in [0.1, 0.15) is 46.0 Å². The topological polar surface area (TPSA) is 64.3 Å². The van der Waals surface area contributed by atoms with Crippen molar-refractivity contribution in [3.8, 4) is 0 Å². The van der Waals surface area contributed by atoms with Crippen LogP contribution in [-0.4, -0.2) is 31.2 Å². The first-order chi connectivity index (χ1) is 8.98. The monoisotopic (exact) mass is 268 g/mol. The number of nitrogens with two attached hydrogens (primary N) is 1. The lowest BCUT2D eigenvalue weighted by atomic mass is 9.81. The van der Waals surface area contributed by atoms with Crippen LogP contribution in [0.5, 0.6) is 0 Å². The minimum absolute atomic E-state index is 0.269. The normalized spacial score (nSPS) is 34.8. The second kappa shape index (κ2) is 5.80. The van der Waals surface area contributed by atoms with Crippen LogP contribution >= 0.6 is 0 Å². The van der Waals surface area contributed by atoms with Crippen molar-refractivity contribution in [1.82, 2.24) is 5.32 Å². The Morgan fingerprint density at radius 2 is 1.84 bits per heavy atom. The van der Waals surface area contributed by atoms with Crippen molar-refractivity contribution in [1.29, 1.82) is 0 Å². The maximum Gasteiger partial charge on any atom is 0.240 e. The minimum atomic E-state index is -0.649. The van der Waals surface area contributed by atoms with E-state index in [-0.39, 0.29) is 12.0 Å². The smallest absolute Gasteiger partial charge is 0.240 e. The van der Waals surface area contributed by atoms with Crippen LogP contribution in [0.15, 0.2) is 0 Å². The summed E-state index contributed by atoms with van der Waals surface area (Å²) in [6, 6.07) is 0. The van der Waals surface area contributed by atoms with Gasteiger partial charge in [-0.15, -0.1) is 0 Å². The molecule has 0 bridgehead atoms. The zero-order valence-corrected chi connectivity index (χ0v) is 12.4. The van der Waals surface area contributed by atoms with Gasteiger partial charge in [0, 0.05) is 0 Å². The third kappa shape index (κ3) is 3.29. The van der Waals surface area contributed by atoms with Gasteiger partial charge in [-0.3, -0.25) is 4.79 Å². The number of nitrogens with one attached hydrogen (secondary N) is 1. The average molecular weight is 268 g/mol. The van der Waals surface area contributed by atoms with E-state index in [2.05, 4.69) is 19.2 Å². The van der Waals surface area contributed by atoms with Crippen LogP contribution in [0.4, 0.5) is 0 Å². The van der Waals surface area contributed by atoms with E-state index in [1.165, 1.54) is 6.42 Å². The van der Waals surface area contributed by atoms with E-state index < -0.39 is 5.54 Å². The van der Waals surface area contributed by atoms with Gasteiger partial charge in [-0.2, -0.15) is 0 Å². The summed E-state index contributed by atoms with van der Waals surface area (Å²) in [6.45, 7) is 4.99. The molecule has 1 amide bonds. The summed E-state index contributed by atoms with van der Waals surface area (Å²) in [4.78, 5) is 11.8. The first kappa shape index (κ1) is 14.8. The predicted molar refractivity (Wildman–Crippen MR) is 75.6 cm³/mol. The Kier molecular flexibility index (Phi) is 4.51. The first-order valence-electron chi connectivity index (χ1n) is 7.58. The van der Waals surface area contributed by atoms with Crippen molar-refractivity contribution in [2.24, 2.45) is 23.5 Å². The van der Waals surface area contributed by atoms with Crippen molar-refractivity contribution < 1.29 is 9.53 Å². The maximum absolute atomic E-state index is 11.8. The quantitative estimate of drug-likeness (QED) is 0.770. The fourth-order valence-electron chi connectivity index (χ4n) is 3.62. The largest absolute Gasteiger partial charge is 0.376 e. The van der Waals surface area contributed by atoms with E-state index in [1.807, 2.05) is 7.05 Å². The number of primary amides is 1. The minimum Gasteiger partial charge on any atom is -0.376 e. The summed E-state index contributed by atoms with van der Waals surface area (Å²) in [5.41, 5.74) is 4.96. The fourth-order valence-corrected chi connectivity index (χ4v) is 3.62. The Balaban J connectivity index is 1.93. The van der Waals surface area contributed by atoms with E-state index >= 15 is 0 Å². The second-order valence-corrected chi connectivity index (χ2v) is 6.71. The Morgan fingerprint density at radius 1 is 1.26 bits per heavy atom. The van der Waals surface area contributed by atoms with Gasteiger partial charge in [0.05, 0.1) is 12.7 Å². The molecule has 4 nitrogen and oxygen atoms in total. The van der Waals surface area contributed by atoms with E-state index in [1.54, 1.807) is 0 Å². The van der Waals surface area contributed by atoms with Gasteiger partial charge in [0.1, 0.15) is 5.54 Å². The molecular weight excluding hydrogens is 240 g/mol. The molecule has 0 radical (unpaired) electrons. The number of carbonyl (C=O) groups excluding carboxylic acids is 1. The molecule has 2 saturated carbocycles. The zero-order valence-electron chi connectivity index (χ0n) is 12.4. The molecule has 110 valence electrons. The molecule has 0 aromatic rings. The summed E-state index contributed by atoms with van der Waals surface area (Å²) in [6.07, 6.45) is 5.93. The fraction of sp³-hybridized carbons (Fsp3) is 0.933. The predicted octanol–water partition coefficient (Wildman–Crippen LogP) is 1.68. The van der Waals surface area contributed by atoms with Gasteiger partial charge < -0.3 is 15.8 Å². The molecule has 0 aromatic heterocycles. The van der Waals surface area contributed by atoms with Crippen LogP contribution in [0.25, 0.3) is 0 Å². The molecule has 4 heteroatoms. The van der Waals surface area contributed by atoms with Crippen molar-refractivity contribution >= 4 is 5.91 Å². The van der Waals surface area contributed by atoms with Gasteiger partial charge in [-0.05, 0) is 56.9 Å². The van der Waals surface area contributed by atoms with E-state index in [4.69, 9.17) is 10.5 Å². The number of likely N-dealkylation sites (N-methyl/N-ethyl adjacent to an activating group) is 1. The molecule has 0 heterocycles. The Bertz CT molecular complexity index is 320. The molecule has 2 aliphatic carbocycles. The number of hydrogen-bond donors (Lipinski definition) is 2. The van der Waals surface area contributed by atoms with Crippen molar-refractivity contribution in [2.75, 3.05) is 13.7 Å². The highest BCUT2D eigenvalue weighted by Crippen LogP contribution is 2.40. The van der Waals surface area contributed by atoms with Gasteiger partial charge >= 0.3 is 0 Å². The Labute approximate surface area is 116 Å². The number of rotatable bonds is 6. The summed E-state index contributed by atoms with van der Waals surface area (Å²) >= 11 is 0. The van der Waals surface area contributed by atoms with E-state index in [9.17, 15) is 4.79 Å². The molecule has 0 spiro atoms. The van der Waals surface area contributed by atoms with Crippen molar-refractivity contribution in [2.45, 2.75) is 57.6 Å².